The number of ether oxygens (including phenoxy) is 2. The number of hydrogen-bond donors (Lipinski definition) is 0. The van der Waals surface area contributed by atoms with Crippen LogP contribution in [0.15, 0.2) is 113 Å². The van der Waals surface area contributed by atoms with Gasteiger partial charge in [-0.3, -0.25) is 10.1 Å². The van der Waals surface area contributed by atoms with Crippen LogP contribution in [0.25, 0.3) is 26.3 Å². The van der Waals surface area contributed by atoms with Crippen LogP contribution >= 0.6 is 22.7 Å². The summed E-state index contributed by atoms with van der Waals surface area (Å²) < 4.78 is 11.2. The summed E-state index contributed by atoms with van der Waals surface area (Å²) >= 11 is 3.42. The Hall–Kier alpha value is -5.13. The molecule has 5 aromatic rings. The molecular formula is C37H36N4O5S2. The smallest absolute Gasteiger partial charge is 0.330 e. The number of esters is 1. The summed E-state index contributed by atoms with van der Waals surface area (Å²) in [6, 6.07) is 30.2. The molecular weight excluding hydrogens is 645 g/mol. The van der Waals surface area contributed by atoms with Gasteiger partial charge in [0, 0.05) is 57.5 Å². The van der Waals surface area contributed by atoms with Gasteiger partial charge in [0.15, 0.2) is 0 Å². The number of nitro benzene ring substituents is 1. The lowest BCUT2D eigenvalue weighted by atomic mass is 10.1. The molecule has 0 unspecified atom stereocenters. The molecule has 0 spiro atoms. The van der Waals surface area contributed by atoms with Gasteiger partial charge in [0.2, 0.25) is 0 Å². The third-order valence-corrected chi connectivity index (χ3v) is 9.64. The number of carbonyl (C=O) groups is 1. The van der Waals surface area contributed by atoms with E-state index in [1.807, 2.05) is 38.4 Å². The van der Waals surface area contributed by atoms with Gasteiger partial charge in [-0.1, -0.05) is 12.1 Å². The number of benzene rings is 3. The van der Waals surface area contributed by atoms with Crippen molar-refractivity contribution in [3.63, 3.8) is 0 Å². The summed E-state index contributed by atoms with van der Waals surface area (Å²) in [5.41, 5.74) is 3.58. The van der Waals surface area contributed by atoms with E-state index in [-0.39, 0.29) is 11.7 Å². The summed E-state index contributed by atoms with van der Waals surface area (Å²) in [5, 5.41) is 19.0. The lowest BCUT2D eigenvalue weighted by Gasteiger charge is -2.12. The van der Waals surface area contributed by atoms with E-state index < -0.39 is 4.92 Å². The Morgan fingerprint density at radius 2 is 1.35 bits per heavy atom. The number of thiophene rings is 2. The van der Waals surface area contributed by atoms with Crippen molar-refractivity contribution in [3.8, 4) is 25.9 Å². The van der Waals surface area contributed by atoms with Gasteiger partial charge in [-0.05, 0) is 110 Å². The summed E-state index contributed by atoms with van der Waals surface area (Å²) in [7, 11) is 4.08. The van der Waals surface area contributed by atoms with E-state index in [0.29, 0.717) is 24.6 Å². The first-order valence-corrected chi connectivity index (χ1v) is 17.2. The third kappa shape index (κ3) is 10.2. The Morgan fingerprint density at radius 1 is 0.750 bits per heavy atom. The molecule has 0 aliphatic heterocycles. The van der Waals surface area contributed by atoms with Gasteiger partial charge in [0.05, 0.1) is 29.5 Å². The predicted molar refractivity (Wildman–Crippen MR) is 195 cm³/mol. The quantitative estimate of drug-likeness (QED) is 0.0256. The van der Waals surface area contributed by atoms with Gasteiger partial charge < -0.3 is 14.4 Å². The number of unbranched alkanes of at least 4 members (excludes halogenated alkanes) is 3. The molecule has 0 aliphatic carbocycles. The fourth-order valence-electron chi connectivity index (χ4n) is 4.61. The molecule has 3 aromatic carbocycles. The van der Waals surface area contributed by atoms with Crippen LogP contribution in [0, 0.1) is 10.1 Å². The molecule has 11 heteroatoms. The van der Waals surface area contributed by atoms with Gasteiger partial charge in [-0.15, -0.1) is 22.7 Å². The lowest BCUT2D eigenvalue weighted by molar-refractivity contribution is -0.384. The Bertz CT molecular complexity index is 1840. The largest absolute Gasteiger partial charge is 0.494 e. The molecule has 0 fully saturated rings. The number of azo groups is 1. The molecule has 0 radical (unpaired) electrons. The normalized spacial score (nSPS) is 11.3. The van der Waals surface area contributed by atoms with Crippen LogP contribution in [-0.2, 0) is 9.53 Å². The number of carbonyl (C=O) groups excluding carboxylic acids is 1. The number of rotatable bonds is 16. The molecule has 246 valence electrons. The highest BCUT2D eigenvalue weighted by atomic mass is 32.1. The minimum absolute atomic E-state index is 0.0124. The topological polar surface area (TPSA) is 107 Å². The first kappa shape index (κ1) is 34.2. The van der Waals surface area contributed by atoms with Crippen molar-refractivity contribution in [3.05, 3.63) is 118 Å². The van der Waals surface area contributed by atoms with Gasteiger partial charge in [-0.25, -0.2) is 4.79 Å². The van der Waals surface area contributed by atoms with E-state index in [0.717, 1.165) is 36.3 Å². The van der Waals surface area contributed by atoms with Crippen molar-refractivity contribution in [1.29, 1.82) is 0 Å². The molecule has 0 saturated carbocycles. The van der Waals surface area contributed by atoms with Gasteiger partial charge in [-0.2, -0.15) is 10.2 Å². The number of non-ortho nitro benzene ring substituents is 1. The van der Waals surface area contributed by atoms with Crippen molar-refractivity contribution in [2.45, 2.75) is 25.7 Å². The zero-order chi connectivity index (χ0) is 33.7. The minimum atomic E-state index is -0.452. The highest BCUT2D eigenvalue weighted by Crippen LogP contribution is 2.38. The number of nitrogens with zero attached hydrogens (tertiary/aromatic N) is 4. The van der Waals surface area contributed by atoms with E-state index in [1.54, 1.807) is 46.9 Å². The Kier molecular flexibility index (Phi) is 12.2. The van der Waals surface area contributed by atoms with E-state index in [4.69, 9.17) is 9.47 Å². The van der Waals surface area contributed by atoms with Crippen LogP contribution in [-0.4, -0.2) is 38.2 Å². The van der Waals surface area contributed by atoms with Crippen LogP contribution in [0.3, 0.4) is 0 Å². The molecule has 2 aromatic heterocycles. The Balaban J connectivity index is 0.941. The van der Waals surface area contributed by atoms with Gasteiger partial charge >= 0.3 is 5.97 Å². The summed E-state index contributed by atoms with van der Waals surface area (Å²) in [6.45, 7) is 0.981. The van der Waals surface area contributed by atoms with E-state index in [1.165, 1.54) is 44.1 Å². The standard InChI is InChI=1S/C37H36N4O5S2/c1-40(2)30-13-7-27(8-14-30)34-22-23-36(48-34)35-21-19-33(47-35)20-24-37(42)46-26-6-4-3-5-25-45-32-17-11-29(12-18-32)39-38-28-9-15-31(16-10-28)41(43)44/h7-24H,3-6,25-26H2,1-2H3/b24-20+,39-38?. The second kappa shape index (κ2) is 17.1. The highest BCUT2D eigenvalue weighted by Gasteiger charge is 2.08. The van der Waals surface area contributed by atoms with Crippen molar-refractivity contribution >= 4 is 57.5 Å². The molecule has 0 N–H and O–H groups in total. The monoisotopic (exact) mass is 680 g/mol. The van der Waals surface area contributed by atoms with E-state index in [9.17, 15) is 14.9 Å². The average molecular weight is 681 g/mol. The molecule has 2 heterocycles. The summed E-state index contributed by atoms with van der Waals surface area (Å²) in [6.07, 6.45) is 6.92. The molecule has 48 heavy (non-hydrogen) atoms. The second-order valence-electron chi connectivity index (χ2n) is 11.0. The van der Waals surface area contributed by atoms with E-state index in [2.05, 4.69) is 57.6 Å². The SMILES string of the molecule is CN(C)c1ccc(-c2ccc(-c3ccc(/C=C/C(=O)OCCCCCCOc4ccc(N=Nc5ccc([N+](=O)[O-])cc5)cc4)s3)s2)cc1. The molecule has 0 saturated heterocycles. The number of nitro groups is 1. The maximum atomic E-state index is 12.2. The predicted octanol–water partition coefficient (Wildman–Crippen LogP) is 10.7. The third-order valence-electron chi connectivity index (χ3n) is 7.26. The number of anilines is 1. The Morgan fingerprint density at radius 3 is 2.02 bits per heavy atom. The molecule has 0 amide bonds. The molecule has 0 aliphatic rings. The first-order chi connectivity index (χ1) is 23.3. The van der Waals surface area contributed by atoms with Crippen LogP contribution in [0.2, 0.25) is 0 Å². The fraction of sp³-hybridized carbons (Fsp3) is 0.216. The molecule has 0 bridgehead atoms. The zero-order valence-corrected chi connectivity index (χ0v) is 28.4. The van der Waals surface area contributed by atoms with Crippen molar-refractivity contribution in [1.82, 2.24) is 0 Å². The zero-order valence-electron chi connectivity index (χ0n) is 26.8. The maximum Gasteiger partial charge on any atom is 0.330 e. The van der Waals surface area contributed by atoms with Crippen LogP contribution < -0.4 is 9.64 Å². The van der Waals surface area contributed by atoms with E-state index >= 15 is 0 Å². The molecule has 9 nitrogen and oxygen atoms in total. The lowest BCUT2D eigenvalue weighted by Crippen LogP contribution is -2.07. The van der Waals surface area contributed by atoms with Crippen molar-refractivity contribution in [2.24, 2.45) is 10.2 Å². The van der Waals surface area contributed by atoms with Crippen LogP contribution in [0.4, 0.5) is 22.7 Å². The highest BCUT2D eigenvalue weighted by molar-refractivity contribution is 7.24. The molecule has 0 atom stereocenters. The average Bonchev–Trinajstić information content (AvgIpc) is 3.79. The van der Waals surface area contributed by atoms with Crippen molar-refractivity contribution in [2.75, 3.05) is 32.2 Å². The number of hydrogen-bond acceptors (Lipinski definition) is 10. The maximum absolute atomic E-state index is 12.2. The Labute approximate surface area is 288 Å². The van der Waals surface area contributed by atoms with Crippen LogP contribution in [0.5, 0.6) is 5.75 Å². The fourth-order valence-corrected chi connectivity index (χ4v) is 6.62. The van der Waals surface area contributed by atoms with Crippen molar-refractivity contribution < 1.29 is 19.2 Å². The first-order valence-electron chi connectivity index (χ1n) is 15.6. The van der Waals surface area contributed by atoms with Gasteiger partial charge in [0.25, 0.3) is 5.69 Å². The molecule has 5 rings (SSSR count). The minimum Gasteiger partial charge on any atom is -0.494 e. The second-order valence-corrected chi connectivity index (χ2v) is 13.2. The van der Waals surface area contributed by atoms with Crippen LogP contribution in [0.1, 0.15) is 30.6 Å². The summed E-state index contributed by atoms with van der Waals surface area (Å²) in [5.74, 6) is 0.414. The van der Waals surface area contributed by atoms with Gasteiger partial charge in [0.1, 0.15) is 5.75 Å². The summed E-state index contributed by atoms with van der Waals surface area (Å²) in [4.78, 5) is 29.2.